The Morgan fingerprint density at radius 3 is 1.69 bits per heavy atom. The summed E-state index contributed by atoms with van der Waals surface area (Å²) in [5.74, 6) is -3.20. The van der Waals surface area contributed by atoms with Gasteiger partial charge in [0, 0.05) is 7.11 Å². The van der Waals surface area contributed by atoms with E-state index in [1.807, 2.05) is 0 Å². The predicted octanol–water partition coefficient (Wildman–Crippen LogP) is 1.55. The van der Waals surface area contributed by atoms with Crippen LogP contribution in [-0.4, -0.2) is 42.9 Å². The summed E-state index contributed by atoms with van der Waals surface area (Å²) >= 11 is 0. The maximum Gasteiger partial charge on any atom is 0.437 e. The van der Waals surface area contributed by atoms with Gasteiger partial charge in [-0.05, 0) is 0 Å². The highest BCUT2D eigenvalue weighted by Gasteiger charge is 2.78. The number of carboxylic acids is 1. The van der Waals surface area contributed by atoms with Crippen molar-refractivity contribution in [3.8, 4) is 0 Å². The Bertz CT molecular complexity index is 243. The molecule has 1 N–H and O–H groups in total. The second kappa shape index (κ2) is 4.45. The van der Waals surface area contributed by atoms with Crippen molar-refractivity contribution in [2.45, 2.75) is 18.0 Å². The van der Waals surface area contributed by atoms with E-state index in [0.717, 1.165) is 7.11 Å². The smallest absolute Gasteiger partial charge is 0.437 e. The van der Waals surface area contributed by atoms with Gasteiger partial charge < -0.3 is 14.6 Å². The Kier molecular flexibility index (Phi) is 4.17. The zero-order valence-electron chi connectivity index (χ0n) is 7.65. The maximum absolute atomic E-state index is 12.2. The van der Waals surface area contributed by atoms with Crippen molar-refractivity contribution in [2.24, 2.45) is 0 Å². The minimum atomic E-state index is -6.16. The van der Waals surface area contributed by atoms with Crippen LogP contribution in [0.4, 0.5) is 26.3 Å². The second-order valence-corrected chi connectivity index (χ2v) is 2.53. The molecule has 0 aromatic carbocycles. The lowest BCUT2D eigenvalue weighted by Crippen LogP contribution is -2.64. The first-order valence-electron chi connectivity index (χ1n) is 3.50. The highest BCUT2D eigenvalue weighted by atomic mass is 19.4. The van der Waals surface area contributed by atoms with E-state index in [-0.39, 0.29) is 0 Å². The molecule has 0 aromatic rings. The highest BCUT2D eigenvalue weighted by molar-refractivity contribution is 5.80. The second-order valence-electron chi connectivity index (χ2n) is 2.53. The van der Waals surface area contributed by atoms with Crippen molar-refractivity contribution in [1.29, 1.82) is 0 Å². The van der Waals surface area contributed by atoms with Crippen LogP contribution in [0.15, 0.2) is 0 Å². The van der Waals surface area contributed by atoms with Crippen LogP contribution in [0.25, 0.3) is 0 Å². The third-order valence-electron chi connectivity index (χ3n) is 1.49. The summed E-state index contributed by atoms with van der Waals surface area (Å²) < 4.78 is 80.1. The third-order valence-corrected chi connectivity index (χ3v) is 1.49. The van der Waals surface area contributed by atoms with Gasteiger partial charge in [-0.15, -0.1) is 0 Å². The summed E-state index contributed by atoms with van der Waals surface area (Å²) in [6.45, 7) is -1.47. The molecular formula is C6H6F6O4. The molecule has 4 nitrogen and oxygen atoms in total. The number of aliphatic carboxylic acids is 1. The molecule has 0 aliphatic heterocycles. The van der Waals surface area contributed by atoms with Gasteiger partial charge in [-0.3, -0.25) is 0 Å². The van der Waals surface area contributed by atoms with Crippen LogP contribution in [0, 0.1) is 0 Å². The Balaban J connectivity index is 5.52. The maximum atomic E-state index is 12.2. The van der Waals surface area contributed by atoms with Crippen molar-refractivity contribution < 1.29 is 45.7 Å². The number of hydrogen-bond acceptors (Lipinski definition) is 3. The van der Waals surface area contributed by atoms with E-state index in [4.69, 9.17) is 5.11 Å². The van der Waals surface area contributed by atoms with Crippen molar-refractivity contribution in [2.75, 3.05) is 13.9 Å². The molecule has 0 aromatic heterocycles. The topological polar surface area (TPSA) is 55.8 Å². The Hall–Kier alpha value is -1.03. The number of methoxy groups -OCH3 is 1. The first-order valence-corrected chi connectivity index (χ1v) is 3.50. The summed E-state index contributed by atoms with van der Waals surface area (Å²) in [5.41, 5.74) is -5.28. The number of halogens is 6. The minimum Gasteiger partial charge on any atom is -0.479 e. The molecule has 0 bridgehead atoms. The number of carboxylic acid groups (broad SMARTS) is 1. The molecule has 0 saturated heterocycles. The molecule has 0 amide bonds. The van der Waals surface area contributed by atoms with Crippen LogP contribution in [-0.2, 0) is 14.3 Å². The lowest BCUT2D eigenvalue weighted by molar-refractivity contribution is -0.378. The van der Waals surface area contributed by atoms with Gasteiger partial charge in [0.05, 0.1) is 0 Å². The molecule has 0 heterocycles. The summed E-state index contributed by atoms with van der Waals surface area (Å²) in [5, 5.41) is 8.10. The average molecular weight is 256 g/mol. The van der Waals surface area contributed by atoms with Gasteiger partial charge >= 0.3 is 23.9 Å². The summed E-state index contributed by atoms with van der Waals surface area (Å²) in [6, 6.07) is 0. The first kappa shape index (κ1) is 15.0. The van der Waals surface area contributed by atoms with Gasteiger partial charge in [0.1, 0.15) is 6.79 Å². The van der Waals surface area contributed by atoms with E-state index in [1.165, 1.54) is 0 Å². The quantitative estimate of drug-likeness (QED) is 0.612. The van der Waals surface area contributed by atoms with Gasteiger partial charge in [0.2, 0.25) is 0 Å². The lowest BCUT2D eigenvalue weighted by Gasteiger charge is -2.32. The van der Waals surface area contributed by atoms with Gasteiger partial charge in [-0.1, -0.05) is 0 Å². The van der Waals surface area contributed by atoms with E-state index >= 15 is 0 Å². The van der Waals surface area contributed by atoms with E-state index in [2.05, 4.69) is 9.47 Å². The fourth-order valence-corrected chi connectivity index (χ4v) is 0.776. The summed E-state index contributed by atoms with van der Waals surface area (Å²) in [6.07, 6.45) is -12.3. The average Bonchev–Trinajstić information content (AvgIpc) is 1.99. The highest BCUT2D eigenvalue weighted by Crippen LogP contribution is 2.46. The molecular weight excluding hydrogens is 250 g/mol. The fraction of sp³-hybridized carbons (Fsp3) is 0.833. The van der Waals surface area contributed by atoms with Crippen molar-refractivity contribution in [3.05, 3.63) is 0 Å². The number of rotatable bonds is 4. The van der Waals surface area contributed by atoms with E-state index in [0.29, 0.717) is 0 Å². The molecule has 0 radical (unpaired) electrons. The molecule has 16 heavy (non-hydrogen) atoms. The molecule has 0 saturated carbocycles. The van der Waals surface area contributed by atoms with Gasteiger partial charge in [0.25, 0.3) is 0 Å². The minimum absolute atomic E-state index is 0.749. The largest absolute Gasteiger partial charge is 0.479 e. The Morgan fingerprint density at radius 2 is 1.50 bits per heavy atom. The summed E-state index contributed by atoms with van der Waals surface area (Å²) in [7, 11) is 0.749. The van der Waals surface area contributed by atoms with Crippen molar-refractivity contribution in [3.63, 3.8) is 0 Å². The van der Waals surface area contributed by atoms with Crippen LogP contribution >= 0.6 is 0 Å². The molecule has 0 aliphatic carbocycles. The van der Waals surface area contributed by atoms with Crippen LogP contribution in [0.2, 0.25) is 0 Å². The predicted molar refractivity (Wildman–Crippen MR) is 35.4 cm³/mol. The fourth-order valence-electron chi connectivity index (χ4n) is 0.776. The van der Waals surface area contributed by atoms with Crippen LogP contribution in [0.1, 0.15) is 0 Å². The Labute approximate surface area is 84.7 Å². The SMILES string of the molecule is COCOC(C(=O)O)(C(F)(F)F)C(F)(F)F. The number of hydrogen-bond donors (Lipinski definition) is 1. The molecule has 0 fully saturated rings. The van der Waals surface area contributed by atoms with Crippen LogP contribution in [0.3, 0.4) is 0 Å². The lowest BCUT2D eigenvalue weighted by atomic mass is 10.0. The van der Waals surface area contributed by atoms with E-state index < -0.39 is 30.7 Å². The standard InChI is InChI=1S/C6H6F6O4/c1-15-2-16-4(3(13)14,5(7,8)9)6(10,11)12/h2H2,1H3,(H,13,14). The van der Waals surface area contributed by atoms with Crippen LogP contribution < -0.4 is 0 Å². The zero-order valence-corrected chi connectivity index (χ0v) is 7.65. The van der Waals surface area contributed by atoms with Gasteiger partial charge in [-0.2, -0.15) is 26.3 Å². The Morgan fingerprint density at radius 1 is 1.12 bits per heavy atom. The number of carbonyl (C=O) groups is 1. The van der Waals surface area contributed by atoms with E-state index in [1.54, 1.807) is 0 Å². The molecule has 0 unspecified atom stereocenters. The molecule has 0 spiro atoms. The first-order chi connectivity index (χ1) is 7.00. The van der Waals surface area contributed by atoms with Crippen LogP contribution in [0.5, 0.6) is 0 Å². The molecule has 0 rings (SSSR count). The monoisotopic (exact) mass is 256 g/mol. The normalized spacial score (nSPS) is 13.9. The molecule has 10 heteroatoms. The van der Waals surface area contributed by atoms with E-state index in [9.17, 15) is 31.1 Å². The van der Waals surface area contributed by atoms with Gasteiger partial charge in [-0.25, -0.2) is 4.79 Å². The summed E-state index contributed by atoms with van der Waals surface area (Å²) in [4.78, 5) is 10.2. The van der Waals surface area contributed by atoms with Crippen molar-refractivity contribution in [1.82, 2.24) is 0 Å². The molecule has 0 aliphatic rings. The third kappa shape index (κ3) is 2.38. The number of ether oxygens (including phenoxy) is 2. The molecule has 0 atom stereocenters. The number of alkyl halides is 6. The van der Waals surface area contributed by atoms with Crippen molar-refractivity contribution >= 4 is 5.97 Å². The molecule has 96 valence electrons. The zero-order chi connectivity index (χ0) is 13.2. The van der Waals surface area contributed by atoms with Gasteiger partial charge in [0.15, 0.2) is 0 Å².